The average Bonchev–Trinajstić information content (AvgIpc) is 2.32. The van der Waals surface area contributed by atoms with Crippen LogP contribution in [-0.2, 0) is 4.79 Å². The van der Waals surface area contributed by atoms with Crippen molar-refractivity contribution in [2.45, 2.75) is 38.6 Å². The molecule has 0 aliphatic heterocycles. The number of hydrogen-bond acceptors (Lipinski definition) is 3. The molecule has 1 aromatic heterocycles. The van der Waals surface area contributed by atoms with E-state index in [1.165, 1.54) is 0 Å². The number of aryl methyl sites for hydroxylation is 1. The van der Waals surface area contributed by atoms with Gasteiger partial charge < -0.3 is 10.4 Å². The van der Waals surface area contributed by atoms with Crippen molar-refractivity contribution in [2.75, 3.05) is 5.32 Å². The van der Waals surface area contributed by atoms with Crippen LogP contribution in [0.1, 0.15) is 31.2 Å². The van der Waals surface area contributed by atoms with Crippen LogP contribution in [0.15, 0.2) is 18.3 Å². The van der Waals surface area contributed by atoms with Crippen molar-refractivity contribution in [2.24, 2.45) is 5.92 Å². The van der Waals surface area contributed by atoms with Crippen LogP contribution in [0.2, 0.25) is 0 Å². The van der Waals surface area contributed by atoms with Crippen molar-refractivity contribution in [3.8, 4) is 0 Å². The second kappa shape index (κ2) is 5.17. The third-order valence-corrected chi connectivity index (χ3v) is 3.29. The number of nitrogens with one attached hydrogen (secondary N) is 1. The fraction of sp³-hybridized carbons (Fsp3) is 0.538. The fourth-order valence-corrected chi connectivity index (χ4v) is 2.31. The summed E-state index contributed by atoms with van der Waals surface area (Å²) in [4.78, 5) is 15.2. The summed E-state index contributed by atoms with van der Waals surface area (Å²) in [7, 11) is 0. The fourth-order valence-electron chi connectivity index (χ4n) is 2.31. The average molecular weight is 234 g/mol. The molecule has 2 N–H and O–H groups in total. The molecule has 2 rings (SSSR count). The molecule has 1 aliphatic carbocycles. The van der Waals surface area contributed by atoms with E-state index < -0.39 is 5.97 Å². The van der Waals surface area contributed by atoms with Gasteiger partial charge in [-0.05, 0) is 37.8 Å². The van der Waals surface area contributed by atoms with Gasteiger partial charge >= 0.3 is 5.97 Å². The van der Waals surface area contributed by atoms with E-state index >= 15 is 0 Å². The van der Waals surface area contributed by atoms with Gasteiger partial charge in [0.05, 0.1) is 5.92 Å². The van der Waals surface area contributed by atoms with Gasteiger partial charge in [0.25, 0.3) is 0 Å². The van der Waals surface area contributed by atoms with Crippen LogP contribution in [0.4, 0.5) is 5.82 Å². The minimum Gasteiger partial charge on any atom is -0.481 e. The van der Waals surface area contributed by atoms with Gasteiger partial charge in [0.2, 0.25) is 0 Å². The van der Waals surface area contributed by atoms with Crippen LogP contribution in [0.25, 0.3) is 0 Å². The number of aromatic nitrogens is 1. The second-order valence-electron chi connectivity index (χ2n) is 4.76. The highest BCUT2D eigenvalue weighted by Gasteiger charge is 2.26. The standard InChI is InChI=1S/C13H18N2O2/c1-9-5-6-12(14-8-9)15-11-4-2-3-10(7-11)13(16)17/h5-6,8,10-11H,2-4,7H2,1H3,(H,14,15)(H,16,17)/t10-,11+/m0/s1. The SMILES string of the molecule is Cc1ccc(N[C@@H]2CCC[C@H](C(=O)O)C2)nc1. The maximum atomic E-state index is 11.0. The Bertz CT molecular complexity index is 389. The van der Waals surface area contributed by atoms with Crippen LogP contribution < -0.4 is 5.32 Å². The number of aliphatic carboxylic acids is 1. The zero-order valence-electron chi connectivity index (χ0n) is 10.0. The molecule has 1 saturated carbocycles. The van der Waals surface area contributed by atoms with E-state index in [1.54, 1.807) is 0 Å². The van der Waals surface area contributed by atoms with E-state index in [0.29, 0.717) is 6.42 Å². The van der Waals surface area contributed by atoms with Crippen LogP contribution in [-0.4, -0.2) is 22.1 Å². The Morgan fingerprint density at radius 3 is 2.94 bits per heavy atom. The van der Waals surface area contributed by atoms with Gasteiger partial charge in [0, 0.05) is 12.2 Å². The highest BCUT2D eigenvalue weighted by molar-refractivity contribution is 5.70. The highest BCUT2D eigenvalue weighted by Crippen LogP contribution is 2.26. The Morgan fingerprint density at radius 1 is 1.47 bits per heavy atom. The lowest BCUT2D eigenvalue weighted by atomic mass is 9.86. The lowest BCUT2D eigenvalue weighted by Crippen LogP contribution is -2.31. The second-order valence-corrected chi connectivity index (χ2v) is 4.76. The molecule has 0 aromatic carbocycles. The van der Waals surface area contributed by atoms with Crippen molar-refractivity contribution in [3.05, 3.63) is 23.9 Å². The minimum atomic E-state index is -0.673. The molecule has 4 nitrogen and oxygen atoms in total. The largest absolute Gasteiger partial charge is 0.481 e. The molecule has 2 atom stereocenters. The predicted octanol–water partition coefficient (Wildman–Crippen LogP) is 2.45. The number of carbonyl (C=O) groups is 1. The number of carboxylic acids is 1. The van der Waals surface area contributed by atoms with E-state index in [0.717, 1.165) is 30.6 Å². The first kappa shape index (κ1) is 11.9. The molecule has 1 heterocycles. The Hall–Kier alpha value is -1.58. The topological polar surface area (TPSA) is 62.2 Å². The molecule has 4 heteroatoms. The zero-order chi connectivity index (χ0) is 12.3. The number of nitrogens with zero attached hydrogens (tertiary/aromatic N) is 1. The molecule has 1 fully saturated rings. The number of rotatable bonds is 3. The molecule has 0 unspecified atom stereocenters. The number of carboxylic acid groups (broad SMARTS) is 1. The summed E-state index contributed by atoms with van der Waals surface area (Å²) in [5.41, 5.74) is 1.13. The van der Waals surface area contributed by atoms with Crippen LogP contribution in [0.3, 0.4) is 0 Å². The third-order valence-electron chi connectivity index (χ3n) is 3.29. The summed E-state index contributed by atoms with van der Waals surface area (Å²) in [6.45, 7) is 2.00. The molecule has 1 aromatic rings. The first-order chi connectivity index (χ1) is 8.15. The molecule has 0 radical (unpaired) electrons. The Balaban J connectivity index is 1.94. The predicted molar refractivity (Wildman–Crippen MR) is 66.0 cm³/mol. The van der Waals surface area contributed by atoms with Gasteiger partial charge in [-0.25, -0.2) is 4.98 Å². The summed E-state index contributed by atoms with van der Waals surface area (Å²) in [5, 5.41) is 12.3. The summed E-state index contributed by atoms with van der Waals surface area (Å²) in [6.07, 6.45) is 5.32. The Kier molecular flexibility index (Phi) is 3.61. The Morgan fingerprint density at radius 2 is 2.29 bits per heavy atom. The molecule has 0 bridgehead atoms. The van der Waals surface area contributed by atoms with Gasteiger partial charge in [0.1, 0.15) is 5.82 Å². The van der Waals surface area contributed by atoms with Crippen molar-refractivity contribution < 1.29 is 9.90 Å². The molecular weight excluding hydrogens is 216 g/mol. The van der Waals surface area contributed by atoms with Gasteiger partial charge in [-0.3, -0.25) is 4.79 Å². The summed E-state index contributed by atoms with van der Waals surface area (Å²) >= 11 is 0. The van der Waals surface area contributed by atoms with Gasteiger partial charge in [0.15, 0.2) is 0 Å². The van der Waals surface area contributed by atoms with E-state index in [4.69, 9.17) is 5.11 Å². The molecule has 0 saturated heterocycles. The molecule has 1 aliphatic rings. The maximum Gasteiger partial charge on any atom is 0.306 e. The monoisotopic (exact) mass is 234 g/mol. The normalized spacial score (nSPS) is 24.3. The zero-order valence-corrected chi connectivity index (χ0v) is 10.0. The molecular formula is C13H18N2O2. The maximum absolute atomic E-state index is 11.0. The van der Waals surface area contributed by atoms with E-state index in [1.807, 2.05) is 25.3 Å². The van der Waals surface area contributed by atoms with Gasteiger partial charge in [-0.15, -0.1) is 0 Å². The van der Waals surface area contributed by atoms with E-state index in [9.17, 15) is 4.79 Å². The first-order valence-corrected chi connectivity index (χ1v) is 6.07. The minimum absolute atomic E-state index is 0.202. The third kappa shape index (κ3) is 3.19. The quantitative estimate of drug-likeness (QED) is 0.843. The highest BCUT2D eigenvalue weighted by atomic mass is 16.4. The van der Waals surface area contributed by atoms with E-state index in [2.05, 4.69) is 10.3 Å². The van der Waals surface area contributed by atoms with Gasteiger partial charge in [-0.1, -0.05) is 12.5 Å². The number of anilines is 1. The number of pyridine rings is 1. The molecule has 17 heavy (non-hydrogen) atoms. The van der Waals surface area contributed by atoms with Crippen molar-refractivity contribution in [3.63, 3.8) is 0 Å². The van der Waals surface area contributed by atoms with Crippen LogP contribution in [0, 0.1) is 12.8 Å². The molecule has 0 amide bonds. The molecule has 0 spiro atoms. The van der Waals surface area contributed by atoms with Gasteiger partial charge in [-0.2, -0.15) is 0 Å². The lowest BCUT2D eigenvalue weighted by molar-refractivity contribution is -0.142. The Labute approximate surface area is 101 Å². The summed E-state index contributed by atoms with van der Waals surface area (Å²) < 4.78 is 0. The smallest absolute Gasteiger partial charge is 0.306 e. The first-order valence-electron chi connectivity index (χ1n) is 6.07. The lowest BCUT2D eigenvalue weighted by Gasteiger charge is -2.27. The van der Waals surface area contributed by atoms with Crippen LogP contribution in [0.5, 0.6) is 0 Å². The molecule has 92 valence electrons. The summed E-state index contributed by atoms with van der Waals surface area (Å²) in [5.74, 6) is -0.0355. The van der Waals surface area contributed by atoms with Crippen LogP contribution >= 0.6 is 0 Å². The van der Waals surface area contributed by atoms with Crippen molar-refractivity contribution >= 4 is 11.8 Å². The van der Waals surface area contributed by atoms with Crippen molar-refractivity contribution in [1.29, 1.82) is 0 Å². The summed E-state index contributed by atoms with van der Waals surface area (Å²) in [6, 6.07) is 4.19. The van der Waals surface area contributed by atoms with Crippen molar-refractivity contribution in [1.82, 2.24) is 4.98 Å². The van der Waals surface area contributed by atoms with E-state index in [-0.39, 0.29) is 12.0 Å². The number of hydrogen-bond donors (Lipinski definition) is 2.